The monoisotopic (exact) mass is 428 g/mol. The van der Waals surface area contributed by atoms with Crippen LogP contribution in [0.3, 0.4) is 0 Å². The van der Waals surface area contributed by atoms with E-state index in [9.17, 15) is 13.2 Å². The SMILES string of the molecule is CCCCC[C@H](c1cc(Br)cc(C(F)(F)F)c1)N1CCNCC1.Cl. The van der Waals surface area contributed by atoms with Crippen LogP contribution in [-0.4, -0.2) is 31.1 Å². The topological polar surface area (TPSA) is 15.3 Å². The zero-order chi connectivity index (χ0) is 16.9. The number of rotatable bonds is 6. The third-order valence-electron chi connectivity index (χ3n) is 4.31. The number of hydrogen-bond donors (Lipinski definition) is 1. The van der Waals surface area contributed by atoms with Crippen molar-refractivity contribution in [3.63, 3.8) is 0 Å². The fraction of sp³-hybridized carbons (Fsp3) is 0.647. The molecule has 138 valence electrons. The van der Waals surface area contributed by atoms with Gasteiger partial charge in [-0.2, -0.15) is 13.2 Å². The lowest BCUT2D eigenvalue weighted by Crippen LogP contribution is -2.45. The summed E-state index contributed by atoms with van der Waals surface area (Å²) in [6, 6.07) is 4.38. The van der Waals surface area contributed by atoms with Crippen LogP contribution in [-0.2, 0) is 6.18 Å². The molecule has 1 aliphatic heterocycles. The first kappa shape index (κ1) is 21.7. The molecule has 1 fully saturated rings. The summed E-state index contributed by atoms with van der Waals surface area (Å²) in [5, 5.41) is 3.30. The Morgan fingerprint density at radius 3 is 2.42 bits per heavy atom. The van der Waals surface area contributed by atoms with Crippen molar-refractivity contribution in [1.29, 1.82) is 0 Å². The van der Waals surface area contributed by atoms with Gasteiger partial charge in [-0.1, -0.05) is 42.1 Å². The zero-order valence-electron chi connectivity index (χ0n) is 13.8. The van der Waals surface area contributed by atoms with E-state index in [1.54, 1.807) is 0 Å². The maximum absolute atomic E-state index is 13.1. The van der Waals surface area contributed by atoms with Gasteiger partial charge in [0.05, 0.1) is 5.56 Å². The zero-order valence-corrected chi connectivity index (χ0v) is 16.2. The van der Waals surface area contributed by atoms with Gasteiger partial charge in [-0.05, 0) is 30.2 Å². The molecule has 1 atom stereocenters. The highest BCUT2D eigenvalue weighted by atomic mass is 79.9. The van der Waals surface area contributed by atoms with Crippen molar-refractivity contribution in [3.8, 4) is 0 Å². The Bertz CT molecular complexity index is 505. The summed E-state index contributed by atoms with van der Waals surface area (Å²) < 4.78 is 39.8. The first-order chi connectivity index (χ1) is 10.9. The van der Waals surface area contributed by atoms with Crippen LogP contribution in [0.4, 0.5) is 13.2 Å². The summed E-state index contributed by atoms with van der Waals surface area (Å²) >= 11 is 3.25. The molecular formula is C17H25BrClF3N2. The number of benzene rings is 1. The molecular weight excluding hydrogens is 405 g/mol. The van der Waals surface area contributed by atoms with Gasteiger partial charge in [0.2, 0.25) is 0 Å². The van der Waals surface area contributed by atoms with Gasteiger partial charge >= 0.3 is 6.18 Å². The lowest BCUT2D eigenvalue weighted by atomic mass is 9.96. The summed E-state index contributed by atoms with van der Waals surface area (Å²) in [7, 11) is 0. The molecule has 0 saturated carbocycles. The molecule has 2 nitrogen and oxygen atoms in total. The molecule has 24 heavy (non-hydrogen) atoms. The number of unbranched alkanes of at least 4 members (excludes halogenated alkanes) is 2. The number of halogens is 5. The van der Waals surface area contributed by atoms with Gasteiger partial charge in [-0.15, -0.1) is 12.4 Å². The third-order valence-corrected chi connectivity index (χ3v) is 4.76. The lowest BCUT2D eigenvalue weighted by Gasteiger charge is -2.35. The van der Waals surface area contributed by atoms with Gasteiger partial charge in [-0.25, -0.2) is 0 Å². The Morgan fingerprint density at radius 2 is 1.83 bits per heavy atom. The normalized spacial score (nSPS) is 17.4. The molecule has 0 bridgehead atoms. The lowest BCUT2D eigenvalue weighted by molar-refractivity contribution is -0.137. The quantitative estimate of drug-likeness (QED) is 0.608. The molecule has 1 N–H and O–H groups in total. The Kier molecular flexibility index (Phi) is 9.06. The summed E-state index contributed by atoms with van der Waals surface area (Å²) in [5.41, 5.74) is 0.196. The standard InChI is InChI=1S/C17H24BrF3N2.ClH/c1-2-3-4-5-16(23-8-6-22-7-9-23)13-10-14(17(19,20)21)12-15(18)11-13;/h10-12,16,22H,2-9H2,1H3;1H/t16-;/m1./s1. The highest BCUT2D eigenvalue weighted by molar-refractivity contribution is 9.10. The van der Waals surface area contributed by atoms with Gasteiger partial charge in [0.15, 0.2) is 0 Å². The number of nitrogens with one attached hydrogen (secondary N) is 1. The van der Waals surface area contributed by atoms with Gasteiger partial charge in [0.25, 0.3) is 0 Å². The first-order valence-corrected chi connectivity index (χ1v) is 9.03. The van der Waals surface area contributed by atoms with Gasteiger partial charge in [-0.3, -0.25) is 4.90 Å². The van der Waals surface area contributed by atoms with Gasteiger partial charge < -0.3 is 5.32 Å². The molecule has 0 aliphatic carbocycles. The Hall–Kier alpha value is -0.300. The minimum atomic E-state index is -4.31. The molecule has 0 aromatic heterocycles. The highest BCUT2D eigenvalue weighted by Crippen LogP contribution is 2.36. The minimum absolute atomic E-state index is 0. The van der Waals surface area contributed by atoms with E-state index in [-0.39, 0.29) is 18.4 Å². The van der Waals surface area contributed by atoms with Crippen molar-refractivity contribution in [2.75, 3.05) is 26.2 Å². The van der Waals surface area contributed by atoms with Crippen LogP contribution in [0.1, 0.15) is 49.8 Å². The maximum atomic E-state index is 13.1. The molecule has 0 amide bonds. The molecule has 1 heterocycles. The number of piperazine rings is 1. The summed E-state index contributed by atoms with van der Waals surface area (Å²) in [5.74, 6) is 0. The largest absolute Gasteiger partial charge is 0.416 e. The van der Waals surface area contributed by atoms with E-state index >= 15 is 0 Å². The molecule has 1 saturated heterocycles. The molecule has 0 unspecified atom stereocenters. The average Bonchev–Trinajstić information content (AvgIpc) is 2.51. The van der Waals surface area contributed by atoms with Crippen LogP contribution in [0.5, 0.6) is 0 Å². The number of nitrogens with zero attached hydrogens (tertiary/aromatic N) is 1. The van der Waals surface area contributed by atoms with Crippen molar-refractivity contribution in [1.82, 2.24) is 10.2 Å². The van der Waals surface area contributed by atoms with E-state index in [0.717, 1.165) is 63.5 Å². The Balaban J connectivity index is 0.00000288. The second-order valence-corrected chi connectivity index (χ2v) is 6.98. The molecule has 1 aliphatic rings. The van der Waals surface area contributed by atoms with Crippen molar-refractivity contribution in [2.45, 2.75) is 44.8 Å². The Morgan fingerprint density at radius 1 is 1.17 bits per heavy atom. The van der Waals surface area contributed by atoms with Crippen LogP contribution >= 0.6 is 28.3 Å². The fourth-order valence-electron chi connectivity index (χ4n) is 3.11. The van der Waals surface area contributed by atoms with Crippen molar-refractivity contribution in [3.05, 3.63) is 33.8 Å². The van der Waals surface area contributed by atoms with Crippen LogP contribution in [0.2, 0.25) is 0 Å². The van der Waals surface area contributed by atoms with Crippen molar-refractivity contribution >= 4 is 28.3 Å². The van der Waals surface area contributed by atoms with E-state index in [0.29, 0.717) is 4.47 Å². The second kappa shape index (κ2) is 10.00. The molecule has 1 aromatic rings. The van der Waals surface area contributed by atoms with Crippen molar-refractivity contribution in [2.24, 2.45) is 0 Å². The Labute approximate surface area is 156 Å². The molecule has 2 rings (SSSR count). The van der Waals surface area contributed by atoms with E-state index in [1.807, 2.05) is 6.07 Å². The summed E-state index contributed by atoms with van der Waals surface area (Å²) in [4.78, 5) is 2.31. The first-order valence-electron chi connectivity index (χ1n) is 8.24. The fourth-order valence-corrected chi connectivity index (χ4v) is 3.62. The summed E-state index contributed by atoms with van der Waals surface area (Å²) in [6.07, 6.45) is -0.139. The summed E-state index contributed by atoms with van der Waals surface area (Å²) in [6.45, 7) is 5.69. The second-order valence-electron chi connectivity index (χ2n) is 6.07. The molecule has 0 radical (unpaired) electrons. The van der Waals surface area contributed by atoms with E-state index in [4.69, 9.17) is 0 Å². The third kappa shape index (κ3) is 6.21. The van der Waals surface area contributed by atoms with E-state index < -0.39 is 11.7 Å². The van der Waals surface area contributed by atoms with Crippen LogP contribution in [0.15, 0.2) is 22.7 Å². The average molecular weight is 430 g/mol. The number of alkyl halides is 3. The maximum Gasteiger partial charge on any atom is 0.416 e. The highest BCUT2D eigenvalue weighted by Gasteiger charge is 2.32. The minimum Gasteiger partial charge on any atom is -0.314 e. The molecule has 7 heteroatoms. The van der Waals surface area contributed by atoms with Crippen molar-refractivity contribution < 1.29 is 13.2 Å². The van der Waals surface area contributed by atoms with Gasteiger partial charge in [0, 0.05) is 36.7 Å². The van der Waals surface area contributed by atoms with E-state index in [1.165, 1.54) is 6.07 Å². The van der Waals surface area contributed by atoms with E-state index in [2.05, 4.69) is 33.1 Å². The number of hydrogen-bond acceptors (Lipinski definition) is 2. The van der Waals surface area contributed by atoms with Gasteiger partial charge in [0.1, 0.15) is 0 Å². The molecule has 1 aromatic carbocycles. The smallest absolute Gasteiger partial charge is 0.314 e. The predicted molar refractivity (Wildman–Crippen MR) is 97.7 cm³/mol. The van der Waals surface area contributed by atoms with Crippen LogP contribution in [0, 0.1) is 0 Å². The van der Waals surface area contributed by atoms with Crippen LogP contribution in [0.25, 0.3) is 0 Å². The molecule has 0 spiro atoms. The predicted octanol–water partition coefficient (Wildman–Crippen LogP) is 5.42. The van der Waals surface area contributed by atoms with Crippen LogP contribution < -0.4 is 5.32 Å².